The second kappa shape index (κ2) is 6.38. The van der Waals surface area contributed by atoms with Crippen molar-refractivity contribution >= 4 is 33.2 Å². The van der Waals surface area contributed by atoms with Crippen molar-refractivity contribution in [2.75, 3.05) is 17.8 Å². The molecule has 1 aliphatic rings. The summed E-state index contributed by atoms with van der Waals surface area (Å²) in [6, 6.07) is 4.94. The number of nitrogens with zero attached hydrogens (tertiary/aromatic N) is 1. The van der Waals surface area contributed by atoms with Crippen LogP contribution in [0.2, 0.25) is 5.02 Å². The molecule has 1 aromatic carbocycles. The summed E-state index contributed by atoms with van der Waals surface area (Å²) in [5.41, 5.74) is 2.41. The van der Waals surface area contributed by atoms with E-state index >= 15 is 0 Å². The van der Waals surface area contributed by atoms with Crippen molar-refractivity contribution in [1.82, 2.24) is 9.88 Å². The number of aromatic nitrogens is 1. The molecule has 6 nitrogen and oxygen atoms in total. The predicted molar refractivity (Wildman–Crippen MR) is 97.8 cm³/mol. The summed E-state index contributed by atoms with van der Waals surface area (Å²) >= 11 is 6.07. The van der Waals surface area contributed by atoms with Gasteiger partial charge in [0.25, 0.3) is 15.9 Å². The lowest BCUT2D eigenvalue weighted by Crippen LogP contribution is -2.42. The molecule has 25 heavy (non-hydrogen) atoms. The first-order chi connectivity index (χ1) is 11.7. The number of nitrogens with one attached hydrogen (secondary N) is 2. The van der Waals surface area contributed by atoms with Gasteiger partial charge in [0.15, 0.2) is 0 Å². The molecule has 3 rings (SSSR count). The highest BCUT2D eigenvalue weighted by atomic mass is 35.5. The number of aromatic amines is 1. The first-order valence-corrected chi connectivity index (χ1v) is 9.84. The van der Waals surface area contributed by atoms with Crippen LogP contribution >= 0.6 is 11.6 Å². The number of likely N-dealkylation sites (tertiary alicyclic amines) is 1. The molecule has 134 valence electrons. The Morgan fingerprint density at radius 2 is 1.88 bits per heavy atom. The first-order valence-electron chi connectivity index (χ1n) is 7.98. The molecule has 0 bridgehead atoms. The molecule has 0 unspecified atom stereocenters. The lowest BCUT2D eigenvalue weighted by molar-refractivity contribution is 0.0647. The molecule has 0 saturated carbocycles. The third-order valence-electron chi connectivity index (χ3n) is 4.37. The van der Waals surface area contributed by atoms with Gasteiger partial charge in [0.05, 0.1) is 11.3 Å². The highest BCUT2D eigenvalue weighted by Gasteiger charge is 2.33. The van der Waals surface area contributed by atoms with E-state index in [1.165, 1.54) is 0 Å². The Kier molecular flexibility index (Phi) is 4.55. The number of carbonyl (C=O) groups excluding carboxylic acids is 1. The molecular weight excluding hydrogens is 362 g/mol. The Morgan fingerprint density at radius 1 is 1.20 bits per heavy atom. The number of carbonyl (C=O) groups is 1. The van der Waals surface area contributed by atoms with E-state index < -0.39 is 10.0 Å². The standard InChI is InChI=1S/C17H20ClN3O3S/c1-10-5-6-13(9-14(10)18)20-25(23,24)16-12(3)19-11(2)15(16)17(22)21-7-4-8-21/h5-6,9,19-20H,4,7-8H2,1-3H3. The number of hydrogen-bond donors (Lipinski definition) is 2. The average molecular weight is 382 g/mol. The van der Waals surface area contributed by atoms with Gasteiger partial charge in [0.1, 0.15) is 4.90 Å². The van der Waals surface area contributed by atoms with Crippen LogP contribution in [0, 0.1) is 20.8 Å². The van der Waals surface area contributed by atoms with Crippen LogP contribution in [0.4, 0.5) is 5.69 Å². The molecular formula is C17H20ClN3O3S. The summed E-state index contributed by atoms with van der Waals surface area (Å²) in [4.78, 5) is 17.3. The highest BCUT2D eigenvalue weighted by Crippen LogP contribution is 2.29. The topological polar surface area (TPSA) is 82.3 Å². The van der Waals surface area contributed by atoms with Crippen LogP contribution in [-0.2, 0) is 10.0 Å². The van der Waals surface area contributed by atoms with Crippen molar-refractivity contribution in [3.05, 3.63) is 45.7 Å². The predicted octanol–water partition coefficient (Wildman–Crippen LogP) is 3.24. The van der Waals surface area contributed by atoms with Crippen LogP contribution < -0.4 is 4.72 Å². The number of rotatable bonds is 4. The molecule has 1 fully saturated rings. The fourth-order valence-corrected chi connectivity index (χ4v) is 4.57. The molecule has 0 radical (unpaired) electrons. The molecule has 0 atom stereocenters. The SMILES string of the molecule is Cc1ccc(NS(=O)(=O)c2c(C)[nH]c(C)c2C(=O)N2CCC2)cc1Cl. The Morgan fingerprint density at radius 3 is 2.44 bits per heavy atom. The summed E-state index contributed by atoms with van der Waals surface area (Å²) in [6.45, 7) is 6.51. The van der Waals surface area contributed by atoms with Crippen molar-refractivity contribution in [3.63, 3.8) is 0 Å². The molecule has 1 aliphatic heterocycles. The Labute approximate surface area is 152 Å². The van der Waals surface area contributed by atoms with E-state index in [2.05, 4.69) is 9.71 Å². The van der Waals surface area contributed by atoms with Gasteiger partial charge >= 0.3 is 0 Å². The largest absolute Gasteiger partial charge is 0.361 e. The number of aryl methyl sites for hydroxylation is 3. The molecule has 1 aromatic heterocycles. The van der Waals surface area contributed by atoms with Gasteiger partial charge in [-0.1, -0.05) is 17.7 Å². The minimum atomic E-state index is -3.93. The fraction of sp³-hybridized carbons (Fsp3) is 0.353. The summed E-state index contributed by atoms with van der Waals surface area (Å²) < 4.78 is 28.4. The first kappa shape index (κ1) is 17.8. The van der Waals surface area contributed by atoms with Crippen molar-refractivity contribution in [1.29, 1.82) is 0 Å². The Hall–Kier alpha value is -1.99. The summed E-state index contributed by atoms with van der Waals surface area (Å²) in [5.74, 6) is -0.254. The van der Waals surface area contributed by atoms with E-state index in [1.54, 1.807) is 36.9 Å². The van der Waals surface area contributed by atoms with Gasteiger partial charge in [0, 0.05) is 29.5 Å². The van der Waals surface area contributed by atoms with Gasteiger partial charge in [-0.15, -0.1) is 0 Å². The van der Waals surface area contributed by atoms with Crippen LogP contribution in [-0.4, -0.2) is 37.3 Å². The number of hydrogen-bond acceptors (Lipinski definition) is 3. The van der Waals surface area contributed by atoms with E-state index in [1.807, 2.05) is 6.92 Å². The second-order valence-electron chi connectivity index (χ2n) is 6.29. The molecule has 2 N–H and O–H groups in total. The van der Waals surface area contributed by atoms with Crippen LogP contribution in [0.5, 0.6) is 0 Å². The smallest absolute Gasteiger partial charge is 0.264 e. The Bertz CT molecular complexity index is 946. The number of anilines is 1. The van der Waals surface area contributed by atoms with Crippen molar-refractivity contribution in [2.24, 2.45) is 0 Å². The number of sulfonamides is 1. The molecule has 0 spiro atoms. The van der Waals surface area contributed by atoms with Gasteiger partial charge in [0.2, 0.25) is 0 Å². The maximum Gasteiger partial charge on any atom is 0.264 e. The molecule has 2 aromatic rings. The zero-order chi connectivity index (χ0) is 18.4. The van der Waals surface area contributed by atoms with Crippen LogP contribution in [0.1, 0.15) is 33.7 Å². The zero-order valence-electron chi connectivity index (χ0n) is 14.3. The lowest BCUT2D eigenvalue weighted by atomic mass is 10.1. The molecule has 1 saturated heterocycles. The number of benzene rings is 1. The summed E-state index contributed by atoms with van der Waals surface area (Å²) in [6.07, 6.45) is 0.941. The van der Waals surface area contributed by atoms with Crippen molar-refractivity contribution in [2.45, 2.75) is 32.1 Å². The van der Waals surface area contributed by atoms with E-state index in [0.717, 1.165) is 12.0 Å². The van der Waals surface area contributed by atoms with Gasteiger partial charge in [-0.2, -0.15) is 0 Å². The number of amides is 1. The van der Waals surface area contributed by atoms with Gasteiger partial charge in [-0.3, -0.25) is 9.52 Å². The van der Waals surface area contributed by atoms with E-state index in [4.69, 9.17) is 11.6 Å². The minimum absolute atomic E-state index is 0.00130. The fourth-order valence-electron chi connectivity index (χ4n) is 2.89. The molecule has 1 amide bonds. The zero-order valence-corrected chi connectivity index (χ0v) is 15.9. The van der Waals surface area contributed by atoms with E-state index in [-0.39, 0.29) is 16.4 Å². The second-order valence-corrected chi connectivity index (χ2v) is 8.32. The van der Waals surface area contributed by atoms with Gasteiger partial charge in [-0.25, -0.2) is 8.42 Å². The maximum atomic E-state index is 12.9. The summed E-state index contributed by atoms with van der Waals surface area (Å²) in [7, 11) is -3.93. The van der Waals surface area contributed by atoms with Gasteiger partial charge in [-0.05, 0) is 44.9 Å². The van der Waals surface area contributed by atoms with Crippen LogP contribution in [0.25, 0.3) is 0 Å². The molecule has 8 heteroatoms. The monoisotopic (exact) mass is 381 g/mol. The third kappa shape index (κ3) is 3.26. The Balaban J connectivity index is 2.02. The molecule has 2 heterocycles. The van der Waals surface area contributed by atoms with Crippen molar-refractivity contribution < 1.29 is 13.2 Å². The minimum Gasteiger partial charge on any atom is -0.361 e. The summed E-state index contributed by atoms with van der Waals surface area (Å²) in [5, 5.41) is 0.471. The van der Waals surface area contributed by atoms with Crippen LogP contribution in [0.3, 0.4) is 0 Å². The van der Waals surface area contributed by atoms with E-state index in [9.17, 15) is 13.2 Å². The highest BCUT2D eigenvalue weighted by molar-refractivity contribution is 7.92. The number of H-pyrrole nitrogens is 1. The molecule has 0 aliphatic carbocycles. The van der Waals surface area contributed by atoms with Crippen molar-refractivity contribution in [3.8, 4) is 0 Å². The maximum absolute atomic E-state index is 12.9. The quantitative estimate of drug-likeness (QED) is 0.852. The normalized spacial score (nSPS) is 14.3. The van der Waals surface area contributed by atoms with Gasteiger partial charge < -0.3 is 9.88 Å². The van der Waals surface area contributed by atoms with Crippen LogP contribution in [0.15, 0.2) is 23.1 Å². The average Bonchev–Trinajstić information content (AvgIpc) is 2.76. The lowest BCUT2D eigenvalue weighted by Gasteiger charge is -2.31. The van der Waals surface area contributed by atoms with E-state index in [0.29, 0.717) is 35.2 Å². The number of halogens is 1. The third-order valence-corrected chi connectivity index (χ3v) is 6.33.